The molecule has 0 spiro atoms. The number of hydrogen-bond acceptors (Lipinski definition) is 6. The summed E-state index contributed by atoms with van der Waals surface area (Å²) in [6.07, 6.45) is 8.49. The minimum absolute atomic E-state index is 0.0519. The molecule has 4 rings (SSSR count). The van der Waals surface area contributed by atoms with E-state index in [4.69, 9.17) is 0 Å². The summed E-state index contributed by atoms with van der Waals surface area (Å²) in [4.78, 5) is 56.0. The molecule has 2 atom stereocenters. The first-order valence-electron chi connectivity index (χ1n) is 15.7. The van der Waals surface area contributed by atoms with Crippen molar-refractivity contribution in [2.45, 2.75) is 76.9 Å². The van der Waals surface area contributed by atoms with Gasteiger partial charge >= 0.3 is 0 Å². The van der Waals surface area contributed by atoms with Crippen molar-refractivity contribution < 1.29 is 19.2 Å². The van der Waals surface area contributed by atoms with E-state index in [1.54, 1.807) is 26.2 Å². The first-order valence-corrected chi connectivity index (χ1v) is 15.7. The van der Waals surface area contributed by atoms with Gasteiger partial charge < -0.3 is 25.8 Å². The molecule has 3 N–H and O–H groups in total. The third-order valence-corrected chi connectivity index (χ3v) is 8.69. The Bertz CT molecular complexity index is 1230. The molecule has 2 fully saturated rings. The number of carbonyl (C=O) groups excluding carboxylic acids is 4. The topological polar surface area (TPSA) is 129 Å². The van der Waals surface area contributed by atoms with Gasteiger partial charge in [0.25, 0.3) is 5.91 Å². The SMILES string of the molecule is CCC(=O)NC(Cc1ccc(CNC(=O)[C@@H](NC(=O)c2ccnn2C)C2CCCCCC2)cc1)C(=O)N1CCN(C)CC1. The Morgan fingerprint density at radius 2 is 1.53 bits per heavy atom. The maximum Gasteiger partial charge on any atom is 0.270 e. The summed E-state index contributed by atoms with van der Waals surface area (Å²) in [6.45, 7) is 5.03. The molecule has 2 aromatic rings. The summed E-state index contributed by atoms with van der Waals surface area (Å²) in [6, 6.07) is 8.16. The van der Waals surface area contributed by atoms with Crippen molar-refractivity contribution in [1.29, 1.82) is 0 Å². The Kier molecular flexibility index (Phi) is 11.7. The van der Waals surface area contributed by atoms with E-state index in [0.717, 1.165) is 62.7 Å². The van der Waals surface area contributed by atoms with Crippen LogP contribution in [0.4, 0.5) is 0 Å². The molecule has 1 aromatic heterocycles. The van der Waals surface area contributed by atoms with E-state index >= 15 is 0 Å². The van der Waals surface area contributed by atoms with Crippen LogP contribution < -0.4 is 16.0 Å². The highest BCUT2D eigenvalue weighted by molar-refractivity contribution is 5.96. The van der Waals surface area contributed by atoms with Crippen LogP contribution in [0.3, 0.4) is 0 Å². The van der Waals surface area contributed by atoms with E-state index in [9.17, 15) is 19.2 Å². The maximum absolute atomic E-state index is 13.5. The van der Waals surface area contributed by atoms with Crippen LogP contribution >= 0.6 is 0 Å². The minimum Gasteiger partial charge on any atom is -0.350 e. The first-order chi connectivity index (χ1) is 20.7. The highest BCUT2D eigenvalue weighted by atomic mass is 16.2. The summed E-state index contributed by atoms with van der Waals surface area (Å²) in [5.74, 6) is -0.610. The van der Waals surface area contributed by atoms with Gasteiger partial charge in [0.2, 0.25) is 17.7 Å². The summed E-state index contributed by atoms with van der Waals surface area (Å²) in [5.41, 5.74) is 2.26. The summed E-state index contributed by atoms with van der Waals surface area (Å²) in [5, 5.41) is 13.0. The Balaban J connectivity index is 1.38. The fourth-order valence-corrected chi connectivity index (χ4v) is 5.93. The molecule has 1 aliphatic carbocycles. The largest absolute Gasteiger partial charge is 0.350 e. The predicted molar refractivity (Wildman–Crippen MR) is 164 cm³/mol. The number of benzene rings is 1. The number of aromatic nitrogens is 2. The van der Waals surface area contributed by atoms with Crippen molar-refractivity contribution in [2.75, 3.05) is 33.2 Å². The number of rotatable bonds is 11. The van der Waals surface area contributed by atoms with Gasteiger partial charge in [-0.2, -0.15) is 5.10 Å². The van der Waals surface area contributed by atoms with E-state index < -0.39 is 12.1 Å². The van der Waals surface area contributed by atoms with Gasteiger partial charge in [-0.3, -0.25) is 23.9 Å². The Morgan fingerprint density at radius 3 is 2.14 bits per heavy atom. The molecule has 4 amide bonds. The van der Waals surface area contributed by atoms with E-state index in [0.29, 0.717) is 38.2 Å². The lowest BCUT2D eigenvalue weighted by atomic mass is 9.91. The molecule has 1 unspecified atom stereocenters. The zero-order valence-electron chi connectivity index (χ0n) is 25.8. The smallest absolute Gasteiger partial charge is 0.270 e. The normalized spacial score (nSPS) is 17.9. The molecule has 2 aliphatic rings. The van der Waals surface area contributed by atoms with Crippen LogP contribution in [0.25, 0.3) is 0 Å². The number of likely N-dealkylation sites (N-methyl/N-ethyl adjacent to an activating group) is 1. The number of piperazine rings is 1. The van der Waals surface area contributed by atoms with Crippen molar-refractivity contribution >= 4 is 23.6 Å². The minimum atomic E-state index is -0.622. The highest BCUT2D eigenvalue weighted by Gasteiger charge is 2.31. The van der Waals surface area contributed by atoms with Crippen molar-refractivity contribution in [3.05, 3.63) is 53.3 Å². The number of nitrogens with zero attached hydrogens (tertiary/aromatic N) is 4. The third-order valence-electron chi connectivity index (χ3n) is 8.69. The molecule has 1 aliphatic heterocycles. The molecule has 1 saturated carbocycles. The summed E-state index contributed by atoms with van der Waals surface area (Å²) >= 11 is 0. The molecule has 0 radical (unpaired) electrons. The lowest BCUT2D eigenvalue weighted by Crippen LogP contribution is -2.54. The monoisotopic (exact) mass is 593 g/mol. The number of hydrogen-bond donors (Lipinski definition) is 3. The molecule has 2 heterocycles. The average molecular weight is 594 g/mol. The van der Waals surface area contributed by atoms with Crippen LogP contribution in [0.1, 0.15) is 73.5 Å². The number of amides is 4. The summed E-state index contributed by atoms with van der Waals surface area (Å²) in [7, 11) is 3.75. The fraction of sp³-hybridized carbons (Fsp3) is 0.594. The third kappa shape index (κ3) is 9.13. The van der Waals surface area contributed by atoms with Gasteiger partial charge in [-0.25, -0.2) is 0 Å². The molecule has 1 saturated heterocycles. The molecule has 43 heavy (non-hydrogen) atoms. The molecule has 11 nitrogen and oxygen atoms in total. The lowest BCUT2D eigenvalue weighted by molar-refractivity contribution is -0.137. The van der Waals surface area contributed by atoms with Crippen molar-refractivity contribution in [3.8, 4) is 0 Å². The van der Waals surface area contributed by atoms with Gasteiger partial charge in [0.15, 0.2) is 0 Å². The summed E-state index contributed by atoms with van der Waals surface area (Å²) < 4.78 is 1.51. The number of nitrogens with one attached hydrogen (secondary N) is 3. The second-order valence-electron chi connectivity index (χ2n) is 11.9. The maximum atomic E-state index is 13.5. The van der Waals surface area contributed by atoms with E-state index in [-0.39, 0.29) is 29.5 Å². The van der Waals surface area contributed by atoms with Crippen LogP contribution in [0.2, 0.25) is 0 Å². The van der Waals surface area contributed by atoms with Crippen molar-refractivity contribution in [2.24, 2.45) is 13.0 Å². The number of carbonyl (C=O) groups is 4. The quantitative estimate of drug-likeness (QED) is 0.342. The van der Waals surface area contributed by atoms with Crippen LogP contribution in [0.5, 0.6) is 0 Å². The van der Waals surface area contributed by atoms with Gasteiger partial charge in [-0.05, 0) is 43.0 Å². The Labute approximate surface area is 254 Å². The van der Waals surface area contributed by atoms with Gasteiger partial charge in [0, 0.05) is 58.8 Å². The molecular weight excluding hydrogens is 546 g/mol. The van der Waals surface area contributed by atoms with Gasteiger partial charge in [-0.15, -0.1) is 0 Å². The van der Waals surface area contributed by atoms with Crippen LogP contribution in [0, 0.1) is 5.92 Å². The Hall–Kier alpha value is -3.73. The van der Waals surface area contributed by atoms with Gasteiger partial charge in [0.1, 0.15) is 17.8 Å². The Morgan fingerprint density at radius 1 is 0.884 bits per heavy atom. The zero-order valence-corrected chi connectivity index (χ0v) is 25.8. The second kappa shape index (κ2) is 15.7. The molecule has 11 heteroatoms. The van der Waals surface area contributed by atoms with E-state index in [1.165, 1.54) is 4.68 Å². The van der Waals surface area contributed by atoms with E-state index in [1.807, 2.05) is 36.2 Å². The van der Waals surface area contributed by atoms with Crippen LogP contribution in [-0.4, -0.2) is 88.5 Å². The van der Waals surface area contributed by atoms with Crippen LogP contribution in [0.15, 0.2) is 36.5 Å². The van der Waals surface area contributed by atoms with Gasteiger partial charge in [-0.1, -0.05) is 56.9 Å². The lowest BCUT2D eigenvalue weighted by Gasteiger charge is -2.34. The molecule has 0 bridgehead atoms. The average Bonchev–Trinajstić information content (AvgIpc) is 3.27. The number of aryl methyl sites for hydroxylation is 1. The second-order valence-corrected chi connectivity index (χ2v) is 11.9. The molecular formula is C32H47N7O4. The highest BCUT2D eigenvalue weighted by Crippen LogP contribution is 2.26. The standard InChI is InChI=1S/C32H47N7O4/c1-4-28(40)35-26(32(43)39-19-17-37(2)18-20-39)21-23-11-13-24(14-12-23)22-33-31(42)29(25-9-7-5-6-8-10-25)36-30(41)27-15-16-34-38(27)3/h11-16,25-26,29H,4-10,17-22H2,1-3H3,(H,33,42)(H,35,40)(H,36,41)/t26?,29-/m0/s1. The van der Waals surface area contributed by atoms with Gasteiger partial charge in [0.05, 0.1) is 0 Å². The first kappa shape index (κ1) is 32.2. The predicted octanol–water partition coefficient (Wildman–Crippen LogP) is 2.02. The van der Waals surface area contributed by atoms with E-state index in [2.05, 4.69) is 25.9 Å². The van der Waals surface area contributed by atoms with Crippen molar-refractivity contribution in [3.63, 3.8) is 0 Å². The zero-order chi connectivity index (χ0) is 30.8. The molecule has 234 valence electrons. The fourth-order valence-electron chi connectivity index (χ4n) is 5.93. The van der Waals surface area contributed by atoms with Crippen molar-refractivity contribution in [1.82, 2.24) is 35.5 Å². The van der Waals surface area contributed by atoms with Crippen LogP contribution in [-0.2, 0) is 34.4 Å². The molecule has 1 aromatic carbocycles.